The van der Waals surface area contributed by atoms with Crippen molar-refractivity contribution in [2.45, 2.75) is 50.6 Å². The van der Waals surface area contributed by atoms with Gasteiger partial charge in [-0.1, -0.05) is 36.7 Å². The minimum Gasteiger partial charge on any atom is -0.311 e. The summed E-state index contributed by atoms with van der Waals surface area (Å²) in [6, 6.07) is 9.75. The first-order valence-corrected chi connectivity index (χ1v) is 8.37. The van der Waals surface area contributed by atoms with Gasteiger partial charge in [0.2, 0.25) is 0 Å². The molecule has 1 aliphatic carbocycles. The van der Waals surface area contributed by atoms with Crippen LogP contribution in [0, 0.1) is 0 Å². The molecule has 2 aliphatic rings. The zero-order valence-electron chi connectivity index (χ0n) is 12.3. The molecule has 1 heterocycles. The van der Waals surface area contributed by atoms with E-state index in [0.717, 1.165) is 11.1 Å². The van der Waals surface area contributed by atoms with Crippen molar-refractivity contribution >= 4 is 11.6 Å². The van der Waals surface area contributed by atoms with Gasteiger partial charge in [0, 0.05) is 17.1 Å². The molecule has 20 heavy (non-hydrogen) atoms. The quantitative estimate of drug-likeness (QED) is 0.911. The van der Waals surface area contributed by atoms with Gasteiger partial charge in [-0.2, -0.15) is 0 Å². The second-order valence-corrected chi connectivity index (χ2v) is 6.67. The lowest BCUT2D eigenvalue weighted by Crippen LogP contribution is -2.49. The summed E-state index contributed by atoms with van der Waals surface area (Å²) < 4.78 is 0. The summed E-state index contributed by atoms with van der Waals surface area (Å²) in [6.45, 7) is 5.97. The monoisotopic (exact) mass is 292 g/mol. The van der Waals surface area contributed by atoms with Crippen LogP contribution < -0.4 is 5.32 Å². The Labute approximate surface area is 127 Å². The molecule has 1 saturated carbocycles. The summed E-state index contributed by atoms with van der Waals surface area (Å²) in [5, 5.41) is 4.79. The van der Waals surface area contributed by atoms with Gasteiger partial charge in [0.05, 0.1) is 0 Å². The Balaban J connectivity index is 1.44. The highest BCUT2D eigenvalue weighted by Gasteiger charge is 2.33. The Morgan fingerprint density at radius 2 is 1.85 bits per heavy atom. The van der Waals surface area contributed by atoms with Crippen LogP contribution in [0.3, 0.4) is 0 Å². The maximum absolute atomic E-state index is 6.28. The van der Waals surface area contributed by atoms with Gasteiger partial charge < -0.3 is 10.2 Å². The van der Waals surface area contributed by atoms with Crippen molar-refractivity contribution in [1.29, 1.82) is 0 Å². The van der Waals surface area contributed by atoms with Gasteiger partial charge in [-0.3, -0.25) is 0 Å². The minimum atomic E-state index is 0.664. The Morgan fingerprint density at radius 3 is 2.50 bits per heavy atom. The summed E-state index contributed by atoms with van der Waals surface area (Å²) in [5.41, 5.74) is 1.34. The molecular formula is C17H25ClN2. The molecule has 110 valence electrons. The largest absolute Gasteiger partial charge is 0.311 e. The molecule has 0 radical (unpaired) electrons. The molecule has 0 bridgehead atoms. The lowest BCUT2D eigenvalue weighted by Gasteiger charge is -2.41. The first kappa shape index (κ1) is 14.4. The van der Waals surface area contributed by atoms with E-state index in [1.807, 2.05) is 12.1 Å². The Bertz CT molecular complexity index is 434. The van der Waals surface area contributed by atoms with E-state index < -0.39 is 0 Å². The van der Waals surface area contributed by atoms with E-state index in [2.05, 4.69) is 29.3 Å². The van der Waals surface area contributed by atoms with Crippen LogP contribution in [0.15, 0.2) is 24.3 Å². The third-order valence-corrected chi connectivity index (χ3v) is 5.33. The van der Waals surface area contributed by atoms with Crippen LogP contribution in [0.5, 0.6) is 0 Å². The average Bonchev–Trinajstić information content (AvgIpc) is 2.44. The first-order valence-electron chi connectivity index (χ1n) is 7.99. The van der Waals surface area contributed by atoms with Gasteiger partial charge >= 0.3 is 0 Å². The number of benzene rings is 1. The molecular weight excluding hydrogens is 268 g/mol. The van der Waals surface area contributed by atoms with Crippen LogP contribution in [-0.4, -0.2) is 36.6 Å². The fourth-order valence-electron chi connectivity index (χ4n) is 3.56. The predicted molar refractivity (Wildman–Crippen MR) is 85.5 cm³/mol. The number of hydrogen-bond donors (Lipinski definition) is 1. The highest BCUT2D eigenvalue weighted by molar-refractivity contribution is 6.31. The Morgan fingerprint density at radius 1 is 1.15 bits per heavy atom. The standard InChI is InChI=1S/C17H25ClN2/c1-2-20-9-7-14(8-10-20)19-15-11-13(12-15)16-5-3-4-6-17(16)18/h3-6,13-15,19H,2,7-12H2,1H3. The topological polar surface area (TPSA) is 15.3 Å². The number of hydrogen-bond acceptors (Lipinski definition) is 2. The van der Waals surface area contributed by atoms with Gasteiger partial charge in [-0.05, 0) is 62.9 Å². The molecule has 3 heteroatoms. The number of nitrogens with one attached hydrogen (secondary N) is 1. The summed E-state index contributed by atoms with van der Waals surface area (Å²) >= 11 is 6.28. The van der Waals surface area contributed by atoms with Crippen molar-refractivity contribution in [3.8, 4) is 0 Å². The highest BCUT2D eigenvalue weighted by Crippen LogP contribution is 2.40. The second kappa shape index (κ2) is 6.46. The smallest absolute Gasteiger partial charge is 0.0440 e. The molecule has 0 spiro atoms. The SMILES string of the molecule is CCN1CCC(NC2CC(c3ccccc3Cl)C2)CC1. The maximum atomic E-state index is 6.28. The zero-order chi connectivity index (χ0) is 13.9. The number of piperidine rings is 1. The van der Waals surface area contributed by atoms with E-state index in [4.69, 9.17) is 11.6 Å². The van der Waals surface area contributed by atoms with Gasteiger partial charge in [-0.15, -0.1) is 0 Å². The Hall–Kier alpha value is -0.570. The summed E-state index contributed by atoms with van der Waals surface area (Å²) in [6.07, 6.45) is 5.11. The molecule has 0 aromatic heterocycles. The molecule has 2 fully saturated rings. The van der Waals surface area contributed by atoms with Crippen LogP contribution in [0.4, 0.5) is 0 Å². The molecule has 3 rings (SSSR count). The van der Waals surface area contributed by atoms with E-state index in [1.165, 1.54) is 50.9 Å². The van der Waals surface area contributed by atoms with E-state index >= 15 is 0 Å². The fourth-order valence-corrected chi connectivity index (χ4v) is 3.85. The number of likely N-dealkylation sites (tertiary alicyclic amines) is 1. The summed E-state index contributed by atoms with van der Waals surface area (Å²) in [5.74, 6) is 0.664. The van der Waals surface area contributed by atoms with Crippen molar-refractivity contribution in [1.82, 2.24) is 10.2 Å². The normalized spacial score (nSPS) is 28.3. The third-order valence-electron chi connectivity index (χ3n) is 4.99. The van der Waals surface area contributed by atoms with Crippen LogP contribution in [0.2, 0.25) is 5.02 Å². The second-order valence-electron chi connectivity index (χ2n) is 6.26. The van der Waals surface area contributed by atoms with Gasteiger partial charge in [0.1, 0.15) is 0 Å². The molecule has 0 atom stereocenters. The molecule has 1 N–H and O–H groups in total. The summed E-state index contributed by atoms with van der Waals surface area (Å²) in [7, 11) is 0. The fraction of sp³-hybridized carbons (Fsp3) is 0.647. The van der Waals surface area contributed by atoms with Gasteiger partial charge in [0.25, 0.3) is 0 Å². The summed E-state index contributed by atoms with van der Waals surface area (Å²) in [4.78, 5) is 2.55. The zero-order valence-corrected chi connectivity index (χ0v) is 13.1. The van der Waals surface area contributed by atoms with Crippen molar-refractivity contribution in [3.63, 3.8) is 0 Å². The minimum absolute atomic E-state index is 0.664. The molecule has 1 aromatic carbocycles. The van der Waals surface area contributed by atoms with Crippen molar-refractivity contribution in [3.05, 3.63) is 34.9 Å². The Kier molecular flexibility index (Phi) is 4.65. The molecule has 1 aliphatic heterocycles. The van der Waals surface area contributed by atoms with Crippen molar-refractivity contribution in [2.75, 3.05) is 19.6 Å². The molecule has 0 amide bonds. The number of nitrogens with zero attached hydrogens (tertiary/aromatic N) is 1. The van der Waals surface area contributed by atoms with Crippen molar-refractivity contribution in [2.24, 2.45) is 0 Å². The van der Waals surface area contributed by atoms with Gasteiger partial charge in [-0.25, -0.2) is 0 Å². The maximum Gasteiger partial charge on any atom is 0.0440 e. The number of halogens is 1. The lowest BCUT2D eigenvalue weighted by molar-refractivity contribution is 0.176. The third kappa shape index (κ3) is 3.19. The highest BCUT2D eigenvalue weighted by atomic mass is 35.5. The predicted octanol–water partition coefficient (Wildman–Crippen LogP) is 3.66. The lowest BCUT2D eigenvalue weighted by atomic mass is 9.75. The number of rotatable bonds is 4. The molecule has 1 saturated heterocycles. The van der Waals surface area contributed by atoms with Crippen LogP contribution in [-0.2, 0) is 0 Å². The van der Waals surface area contributed by atoms with E-state index in [9.17, 15) is 0 Å². The van der Waals surface area contributed by atoms with Crippen molar-refractivity contribution < 1.29 is 0 Å². The van der Waals surface area contributed by atoms with Gasteiger partial charge in [0.15, 0.2) is 0 Å². The van der Waals surface area contributed by atoms with E-state index in [0.29, 0.717) is 12.0 Å². The van der Waals surface area contributed by atoms with E-state index in [1.54, 1.807) is 0 Å². The van der Waals surface area contributed by atoms with E-state index in [-0.39, 0.29) is 0 Å². The first-order chi connectivity index (χ1) is 9.76. The van der Waals surface area contributed by atoms with Crippen LogP contribution in [0.1, 0.15) is 44.1 Å². The van der Waals surface area contributed by atoms with Crippen LogP contribution >= 0.6 is 11.6 Å². The molecule has 2 nitrogen and oxygen atoms in total. The molecule has 0 unspecified atom stereocenters. The van der Waals surface area contributed by atoms with Crippen LogP contribution in [0.25, 0.3) is 0 Å². The average molecular weight is 293 g/mol. The molecule has 1 aromatic rings.